The van der Waals surface area contributed by atoms with Crippen molar-refractivity contribution in [3.63, 3.8) is 0 Å². The Morgan fingerprint density at radius 3 is 2.78 bits per heavy atom. The quantitative estimate of drug-likeness (QED) is 0.727. The number of nitrogens with zero attached hydrogens (tertiary/aromatic N) is 2. The number of nitriles is 1. The zero-order valence-corrected chi connectivity index (χ0v) is 10.9. The fraction of sp³-hybridized carbons (Fsp3) is 0.846. The number of nitrogens with one attached hydrogen (secondary N) is 1. The highest BCUT2D eigenvalue weighted by Crippen LogP contribution is 2.39. The zero-order chi connectivity index (χ0) is 13.2. The molecule has 0 aromatic carbocycles. The van der Waals surface area contributed by atoms with Crippen LogP contribution < -0.4 is 5.32 Å². The maximum Gasteiger partial charge on any atom is 0.235 e. The smallest absolute Gasteiger partial charge is 0.235 e. The van der Waals surface area contributed by atoms with Gasteiger partial charge in [-0.05, 0) is 44.6 Å². The Balaban J connectivity index is 1.80. The van der Waals surface area contributed by atoms with Crippen molar-refractivity contribution in [2.45, 2.75) is 31.7 Å². The van der Waals surface area contributed by atoms with Gasteiger partial charge >= 0.3 is 0 Å². The fourth-order valence-corrected chi connectivity index (χ4v) is 2.62. The van der Waals surface area contributed by atoms with Gasteiger partial charge in [-0.15, -0.1) is 0 Å². The lowest BCUT2D eigenvalue weighted by Crippen LogP contribution is -2.50. The molecule has 1 aliphatic heterocycles. The second-order valence-corrected chi connectivity index (χ2v) is 5.71. The van der Waals surface area contributed by atoms with Gasteiger partial charge in [0.2, 0.25) is 5.91 Å². The molecule has 0 aromatic rings. The van der Waals surface area contributed by atoms with Crippen LogP contribution in [-0.4, -0.2) is 47.7 Å². The number of rotatable bonds is 5. The summed E-state index contributed by atoms with van der Waals surface area (Å²) in [7, 11) is 0. The molecule has 100 valence electrons. The van der Waals surface area contributed by atoms with E-state index in [-0.39, 0.29) is 12.5 Å². The molecule has 2 fully saturated rings. The number of likely N-dealkylation sites (tertiary alicyclic amines) is 1. The molecular weight excluding hydrogens is 230 g/mol. The highest BCUT2D eigenvalue weighted by molar-refractivity contribution is 5.79. The first-order valence-electron chi connectivity index (χ1n) is 6.63. The summed E-state index contributed by atoms with van der Waals surface area (Å²) >= 11 is 0. The van der Waals surface area contributed by atoms with Crippen molar-refractivity contribution in [3.8, 4) is 6.07 Å². The molecule has 0 radical (unpaired) electrons. The Labute approximate surface area is 108 Å². The average molecular weight is 251 g/mol. The van der Waals surface area contributed by atoms with Gasteiger partial charge in [0.05, 0.1) is 12.6 Å². The van der Waals surface area contributed by atoms with Gasteiger partial charge in [-0.25, -0.2) is 0 Å². The minimum atomic E-state index is -0.701. The molecule has 2 aliphatic rings. The van der Waals surface area contributed by atoms with Gasteiger partial charge in [0.1, 0.15) is 5.54 Å². The predicted molar refractivity (Wildman–Crippen MR) is 66.5 cm³/mol. The second-order valence-electron chi connectivity index (χ2n) is 5.71. The van der Waals surface area contributed by atoms with E-state index in [9.17, 15) is 10.1 Å². The van der Waals surface area contributed by atoms with Crippen LogP contribution in [0.25, 0.3) is 0 Å². The molecular formula is C13H21N3O2. The average Bonchev–Trinajstić information content (AvgIpc) is 3.11. The summed E-state index contributed by atoms with van der Waals surface area (Å²) in [6.45, 7) is 3.96. The van der Waals surface area contributed by atoms with E-state index in [1.807, 2.05) is 11.8 Å². The molecule has 2 rings (SSSR count). The van der Waals surface area contributed by atoms with Crippen LogP contribution in [0, 0.1) is 23.2 Å². The highest BCUT2D eigenvalue weighted by Gasteiger charge is 2.43. The minimum Gasteiger partial charge on any atom is -0.396 e. The molecule has 1 amide bonds. The molecule has 1 heterocycles. The van der Waals surface area contributed by atoms with Crippen LogP contribution in [0.4, 0.5) is 0 Å². The van der Waals surface area contributed by atoms with E-state index in [4.69, 9.17) is 5.11 Å². The van der Waals surface area contributed by atoms with Gasteiger partial charge in [-0.2, -0.15) is 5.26 Å². The number of aliphatic hydroxyl groups is 1. The summed E-state index contributed by atoms with van der Waals surface area (Å²) in [5.74, 6) is 0.531. The van der Waals surface area contributed by atoms with Crippen molar-refractivity contribution < 1.29 is 9.90 Å². The van der Waals surface area contributed by atoms with E-state index in [0.717, 1.165) is 32.4 Å². The molecule has 5 nitrogen and oxygen atoms in total. The van der Waals surface area contributed by atoms with Crippen molar-refractivity contribution in [3.05, 3.63) is 0 Å². The number of hydrogen-bond donors (Lipinski definition) is 2. The molecule has 0 spiro atoms. The first-order valence-corrected chi connectivity index (χ1v) is 6.63. The van der Waals surface area contributed by atoms with Gasteiger partial charge < -0.3 is 10.4 Å². The van der Waals surface area contributed by atoms with Crippen molar-refractivity contribution in [1.29, 1.82) is 5.26 Å². The first-order chi connectivity index (χ1) is 8.57. The number of carbonyl (C=O) groups excluding carboxylic acids is 1. The normalized spacial score (nSPS) is 27.5. The molecule has 2 N–H and O–H groups in total. The molecule has 0 bridgehead atoms. The lowest BCUT2D eigenvalue weighted by Gasteiger charge is -2.24. The van der Waals surface area contributed by atoms with Crippen LogP contribution in [0.2, 0.25) is 0 Å². The largest absolute Gasteiger partial charge is 0.396 e. The number of carbonyl (C=O) groups is 1. The van der Waals surface area contributed by atoms with Crippen LogP contribution in [0.1, 0.15) is 26.2 Å². The third-order valence-corrected chi connectivity index (χ3v) is 4.02. The van der Waals surface area contributed by atoms with Crippen molar-refractivity contribution in [2.24, 2.45) is 11.8 Å². The third-order valence-electron chi connectivity index (χ3n) is 4.02. The summed E-state index contributed by atoms with van der Waals surface area (Å²) in [5, 5.41) is 21.1. The lowest BCUT2D eigenvalue weighted by molar-refractivity contribution is -0.123. The van der Waals surface area contributed by atoms with Gasteiger partial charge in [0, 0.05) is 13.2 Å². The van der Waals surface area contributed by atoms with Crippen LogP contribution in [0.15, 0.2) is 0 Å². The summed E-state index contributed by atoms with van der Waals surface area (Å²) in [6.07, 6.45) is 3.00. The van der Waals surface area contributed by atoms with E-state index in [0.29, 0.717) is 18.4 Å². The molecule has 1 saturated heterocycles. The molecule has 5 heteroatoms. The maximum absolute atomic E-state index is 11.9. The molecule has 2 atom stereocenters. The highest BCUT2D eigenvalue weighted by atomic mass is 16.3. The maximum atomic E-state index is 11.9. The second kappa shape index (κ2) is 5.25. The van der Waals surface area contributed by atoms with Crippen LogP contribution in [-0.2, 0) is 4.79 Å². The molecule has 1 saturated carbocycles. The third kappa shape index (κ3) is 3.01. The van der Waals surface area contributed by atoms with Gasteiger partial charge in [-0.1, -0.05) is 0 Å². The van der Waals surface area contributed by atoms with E-state index >= 15 is 0 Å². The van der Waals surface area contributed by atoms with Gasteiger partial charge in [0.25, 0.3) is 0 Å². The summed E-state index contributed by atoms with van der Waals surface area (Å²) < 4.78 is 0. The number of hydrogen-bond acceptors (Lipinski definition) is 4. The molecule has 18 heavy (non-hydrogen) atoms. The molecule has 0 aromatic heterocycles. The van der Waals surface area contributed by atoms with E-state index < -0.39 is 5.54 Å². The number of amides is 1. The van der Waals surface area contributed by atoms with Gasteiger partial charge in [-0.3, -0.25) is 9.69 Å². The Kier molecular flexibility index (Phi) is 3.88. The zero-order valence-electron chi connectivity index (χ0n) is 10.9. The Morgan fingerprint density at radius 1 is 1.56 bits per heavy atom. The minimum absolute atomic E-state index is 0.0791. The monoisotopic (exact) mass is 251 g/mol. The summed E-state index contributed by atoms with van der Waals surface area (Å²) in [4.78, 5) is 14.0. The van der Waals surface area contributed by atoms with Crippen LogP contribution in [0.3, 0.4) is 0 Å². The SMILES string of the molecule is CC(C#N)(NC(=O)CN1CCC(CO)C1)C1CC1. The Hall–Kier alpha value is -1.12. The Morgan fingerprint density at radius 2 is 2.28 bits per heavy atom. The summed E-state index contributed by atoms with van der Waals surface area (Å²) in [5.41, 5.74) is -0.701. The predicted octanol–water partition coefficient (Wildman–Crippen LogP) is 0.109. The van der Waals surface area contributed by atoms with Crippen molar-refractivity contribution >= 4 is 5.91 Å². The fourth-order valence-electron chi connectivity index (χ4n) is 2.62. The first kappa shape index (κ1) is 13.3. The van der Waals surface area contributed by atoms with Crippen LogP contribution in [0.5, 0.6) is 0 Å². The summed E-state index contributed by atoms with van der Waals surface area (Å²) in [6, 6.07) is 2.23. The standard InChI is InChI=1S/C13H21N3O2/c1-13(9-14,11-2-3-11)15-12(18)7-16-5-4-10(6-16)8-17/h10-11,17H,2-8H2,1H3,(H,15,18). The topological polar surface area (TPSA) is 76.4 Å². The van der Waals surface area contributed by atoms with E-state index in [1.54, 1.807) is 0 Å². The van der Waals surface area contributed by atoms with Crippen molar-refractivity contribution in [1.82, 2.24) is 10.2 Å². The molecule has 2 unspecified atom stereocenters. The van der Waals surface area contributed by atoms with Gasteiger partial charge in [0.15, 0.2) is 0 Å². The number of aliphatic hydroxyl groups excluding tert-OH is 1. The molecule has 1 aliphatic carbocycles. The Bertz CT molecular complexity index is 362. The van der Waals surface area contributed by atoms with E-state index in [2.05, 4.69) is 11.4 Å². The van der Waals surface area contributed by atoms with E-state index in [1.165, 1.54) is 0 Å². The lowest BCUT2D eigenvalue weighted by atomic mass is 9.98. The van der Waals surface area contributed by atoms with Crippen molar-refractivity contribution in [2.75, 3.05) is 26.2 Å². The van der Waals surface area contributed by atoms with Crippen LogP contribution >= 0.6 is 0 Å².